The van der Waals surface area contributed by atoms with E-state index in [2.05, 4.69) is 297 Å². The Labute approximate surface area is 524 Å². The van der Waals surface area contributed by atoms with Crippen molar-refractivity contribution in [3.8, 4) is 39.6 Å². The molecule has 0 spiro atoms. The van der Waals surface area contributed by atoms with Crippen LogP contribution in [0.25, 0.3) is 70.0 Å². The summed E-state index contributed by atoms with van der Waals surface area (Å²) < 4.78 is 11.8. The number of pyridine rings is 1. The minimum atomic E-state index is -0.165. The number of anilines is 4. The van der Waals surface area contributed by atoms with Crippen molar-refractivity contribution < 1.29 is 25.8 Å². The van der Waals surface area contributed by atoms with Crippen molar-refractivity contribution in [3.05, 3.63) is 210 Å². The van der Waals surface area contributed by atoms with Gasteiger partial charge in [0, 0.05) is 87.1 Å². The molecule has 0 aliphatic carbocycles. The van der Waals surface area contributed by atoms with Crippen LogP contribution in [0.3, 0.4) is 0 Å². The molecule has 4 heterocycles. The summed E-state index contributed by atoms with van der Waals surface area (Å²) in [6.07, 6.45) is 1.94. The second-order valence-corrected chi connectivity index (χ2v) is 30.6. The van der Waals surface area contributed by atoms with Crippen LogP contribution in [0.2, 0.25) is 0 Å². The molecule has 0 fully saturated rings. The van der Waals surface area contributed by atoms with Crippen LogP contribution in [0, 0.1) is 18.8 Å². The van der Waals surface area contributed by atoms with E-state index >= 15 is 0 Å². The third-order valence-electron chi connectivity index (χ3n) is 17.0. The molecule has 0 bridgehead atoms. The molecule has 0 amide bonds. The molecule has 85 heavy (non-hydrogen) atoms. The Balaban J connectivity index is 0.00000752. The summed E-state index contributed by atoms with van der Waals surface area (Å²) in [7, 11) is 0. The smallest absolute Gasteiger partial charge is 0.135 e. The van der Waals surface area contributed by atoms with Gasteiger partial charge in [-0.3, -0.25) is 0 Å². The van der Waals surface area contributed by atoms with Gasteiger partial charge >= 0.3 is 0 Å². The van der Waals surface area contributed by atoms with E-state index in [1.165, 1.54) is 75.8 Å². The van der Waals surface area contributed by atoms with E-state index in [0.29, 0.717) is 11.5 Å². The minimum Gasteiger partial charge on any atom is -0.509 e. The van der Waals surface area contributed by atoms with Crippen LogP contribution in [0.4, 0.5) is 22.7 Å². The number of rotatable bonds is 7. The Hall–Kier alpha value is -6.98. The standard InChI is InChI=1S/C78H81N4OS.Pt/c1-73(2,3)48-30-35-62(77(13,14)15)58(40-48)60-42-51(76(10,11)12)43-61(59-41-49(74(4,5)6)31-36-63(59)78(16,17)18)71(60)81-47-80(64-27-20-21-28-65(64)81)52-24-23-25-53(45-52)83-54-32-33-55-56-34-37-68-70(57-26-19-22-29-67(57)84-68)72(56)82(66(55)46-54)69-44-50(38-39-79-69)75(7,8)9;/h19-44,47H,1-18H3;/q-3;. The molecule has 0 unspecified atom stereocenters. The van der Waals surface area contributed by atoms with Gasteiger partial charge in [-0.1, -0.05) is 203 Å². The number of thiophene rings is 1. The molecule has 0 radical (unpaired) electrons. The maximum atomic E-state index is 6.96. The largest absolute Gasteiger partial charge is 0.509 e. The second kappa shape index (κ2) is 21.2. The Morgan fingerprint density at radius 1 is 0.435 bits per heavy atom. The number of ether oxygens (including phenoxy) is 1. The van der Waals surface area contributed by atoms with E-state index in [-0.39, 0.29) is 53.6 Å². The van der Waals surface area contributed by atoms with E-state index in [1.54, 1.807) is 0 Å². The number of fused-ring (bicyclic) bond motifs is 8. The van der Waals surface area contributed by atoms with Gasteiger partial charge < -0.3 is 19.1 Å². The molecule has 12 rings (SSSR count). The molecule has 1 aliphatic heterocycles. The molecule has 0 saturated carbocycles. The number of nitrogens with zero attached hydrogens (tertiary/aromatic N) is 4. The van der Waals surface area contributed by atoms with Gasteiger partial charge in [-0.25, -0.2) is 4.98 Å². The fourth-order valence-corrected chi connectivity index (χ4v) is 13.4. The van der Waals surface area contributed by atoms with Gasteiger partial charge in [0.05, 0.1) is 5.52 Å². The normalized spacial score (nSPS) is 13.6. The summed E-state index contributed by atoms with van der Waals surface area (Å²) in [6.45, 7) is 44.2. The molecule has 0 saturated heterocycles. The summed E-state index contributed by atoms with van der Waals surface area (Å²) in [4.78, 5) is 9.84. The molecular weight excluding hydrogens is 1240 g/mol. The van der Waals surface area contributed by atoms with Crippen LogP contribution in [0.1, 0.15) is 158 Å². The SMILES string of the molecule is CC(C)(C)c1ccnc(-n2c3[c-]c(Oc4[c-]c(N5[CH-]N(c6c(-c7cc(C(C)(C)C)ccc7C(C)(C)C)cc(C(C)(C)C)cc6-c6cc(C(C)(C)C)ccc6C(C)(C)C)c6ccccc65)ccc4)ccc3c3ccc4sc5ccccc5c4c32)c1.[Pt]. The Morgan fingerprint density at radius 3 is 1.55 bits per heavy atom. The van der Waals surface area contributed by atoms with Crippen molar-refractivity contribution in [2.24, 2.45) is 0 Å². The third-order valence-corrected chi connectivity index (χ3v) is 18.2. The predicted octanol–water partition coefficient (Wildman–Crippen LogP) is 22.5. The number of hydrogen-bond donors (Lipinski definition) is 0. The zero-order valence-corrected chi connectivity index (χ0v) is 56.1. The topological polar surface area (TPSA) is 33.5 Å². The average Bonchev–Trinajstić information content (AvgIpc) is 1.91. The van der Waals surface area contributed by atoms with E-state index in [1.807, 2.05) is 29.7 Å². The van der Waals surface area contributed by atoms with Crippen molar-refractivity contribution in [2.75, 3.05) is 9.80 Å². The van der Waals surface area contributed by atoms with Crippen LogP contribution < -0.4 is 14.5 Å². The number of para-hydroxylation sites is 2. The van der Waals surface area contributed by atoms with Gasteiger partial charge in [-0.05, 0) is 131 Å². The monoisotopic (exact) mass is 1320 g/mol. The zero-order chi connectivity index (χ0) is 59.8. The average molecular weight is 1320 g/mol. The summed E-state index contributed by atoms with van der Waals surface area (Å²) in [5.41, 5.74) is 18.1. The molecule has 1 aliphatic rings. The summed E-state index contributed by atoms with van der Waals surface area (Å²) in [5, 5.41) is 4.71. The fourth-order valence-electron chi connectivity index (χ4n) is 12.3. The van der Waals surface area contributed by atoms with Crippen molar-refractivity contribution in [1.29, 1.82) is 0 Å². The molecule has 0 N–H and O–H groups in total. The molecule has 7 heteroatoms. The Morgan fingerprint density at radius 2 is 0.965 bits per heavy atom. The van der Waals surface area contributed by atoms with Crippen LogP contribution >= 0.6 is 11.3 Å². The second-order valence-electron chi connectivity index (χ2n) is 29.5. The van der Waals surface area contributed by atoms with Crippen LogP contribution in [0.15, 0.2) is 158 Å². The molecule has 11 aromatic rings. The first-order chi connectivity index (χ1) is 39.4. The van der Waals surface area contributed by atoms with Gasteiger partial charge in [0.25, 0.3) is 0 Å². The van der Waals surface area contributed by atoms with Crippen LogP contribution in [-0.2, 0) is 53.6 Å². The van der Waals surface area contributed by atoms with Gasteiger partial charge in [0.1, 0.15) is 5.82 Å². The van der Waals surface area contributed by atoms with Crippen molar-refractivity contribution >= 4 is 76.1 Å². The maximum absolute atomic E-state index is 6.96. The Kier molecular flexibility index (Phi) is 14.9. The van der Waals surface area contributed by atoms with Crippen LogP contribution in [0.5, 0.6) is 11.5 Å². The molecule has 0 atom stereocenters. The molecule has 438 valence electrons. The zero-order valence-electron chi connectivity index (χ0n) is 53.0. The van der Waals surface area contributed by atoms with Gasteiger partial charge in [0.2, 0.25) is 0 Å². The van der Waals surface area contributed by atoms with E-state index in [0.717, 1.165) is 50.4 Å². The first kappa shape index (κ1) is 59.7. The van der Waals surface area contributed by atoms with Crippen LogP contribution in [-0.4, -0.2) is 9.55 Å². The van der Waals surface area contributed by atoms with Gasteiger partial charge in [-0.15, -0.1) is 59.4 Å². The van der Waals surface area contributed by atoms with Crippen molar-refractivity contribution in [2.45, 2.75) is 157 Å². The fraction of sp³-hybridized carbons (Fsp3) is 0.308. The van der Waals surface area contributed by atoms with Gasteiger partial charge in [-0.2, -0.15) is 12.1 Å². The molecule has 8 aromatic carbocycles. The molecule has 3 aromatic heterocycles. The first-order valence-corrected chi connectivity index (χ1v) is 30.7. The third kappa shape index (κ3) is 10.9. The van der Waals surface area contributed by atoms with Gasteiger partial charge in [0.15, 0.2) is 0 Å². The molecule has 5 nitrogen and oxygen atoms in total. The number of aromatic nitrogens is 2. The molecular formula is C78H81N4OPtS-3. The number of hydrogen-bond acceptors (Lipinski definition) is 5. The Bertz CT molecular complexity index is 4300. The first-order valence-electron chi connectivity index (χ1n) is 29.9. The number of benzene rings is 8. The van der Waals surface area contributed by atoms with Crippen molar-refractivity contribution in [1.82, 2.24) is 9.55 Å². The quantitative estimate of drug-likeness (QED) is 0.149. The van der Waals surface area contributed by atoms with Crippen molar-refractivity contribution in [3.63, 3.8) is 0 Å². The minimum absolute atomic E-state index is 0. The summed E-state index contributed by atoms with van der Waals surface area (Å²) in [6, 6.07) is 64.0. The summed E-state index contributed by atoms with van der Waals surface area (Å²) >= 11 is 1.83. The predicted molar refractivity (Wildman–Crippen MR) is 360 cm³/mol. The van der Waals surface area contributed by atoms with E-state index in [4.69, 9.17) is 9.72 Å². The van der Waals surface area contributed by atoms with E-state index < -0.39 is 0 Å². The van der Waals surface area contributed by atoms with E-state index in [9.17, 15) is 0 Å². The summed E-state index contributed by atoms with van der Waals surface area (Å²) in [5.74, 6) is 2.04. The maximum Gasteiger partial charge on any atom is 0.135 e.